The Kier molecular flexibility index (Phi) is 6.06. The summed E-state index contributed by atoms with van der Waals surface area (Å²) in [6, 6.07) is 10.5. The molecule has 8 heteroatoms. The molecule has 1 fully saturated rings. The van der Waals surface area contributed by atoms with Crippen molar-refractivity contribution in [2.24, 2.45) is 0 Å². The summed E-state index contributed by atoms with van der Waals surface area (Å²) in [5.74, 6) is 2.25. The number of halogens is 2. The van der Waals surface area contributed by atoms with Crippen LogP contribution in [-0.4, -0.2) is 37.4 Å². The highest BCUT2D eigenvalue weighted by molar-refractivity contribution is 7.99. The topological polar surface area (TPSA) is 50.8 Å². The number of benzene rings is 2. The van der Waals surface area contributed by atoms with Gasteiger partial charge in [-0.05, 0) is 30.3 Å². The summed E-state index contributed by atoms with van der Waals surface area (Å²) in [5, 5.41) is 3.38. The molecule has 1 aliphatic heterocycles. The lowest BCUT2D eigenvalue weighted by Gasteiger charge is -2.26. The number of urea groups is 1. The van der Waals surface area contributed by atoms with E-state index in [0.29, 0.717) is 33.8 Å². The zero-order valence-electron chi connectivity index (χ0n) is 14.3. The summed E-state index contributed by atoms with van der Waals surface area (Å²) in [7, 11) is 3.22. The molecule has 0 bridgehead atoms. The molecule has 138 valence electrons. The van der Waals surface area contributed by atoms with E-state index in [1.807, 2.05) is 18.2 Å². The molecule has 1 heterocycles. The Balaban J connectivity index is 1.86. The first-order valence-corrected chi connectivity index (χ1v) is 9.70. The second-order valence-electron chi connectivity index (χ2n) is 5.56. The minimum atomic E-state index is -0.242. The molecule has 0 unspecified atom stereocenters. The fourth-order valence-corrected chi connectivity index (χ4v) is 4.37. The van der Waals surface area contributed by atoms with Crippen molar-refractivity contribution in [3.8, 4) is 11.5 Å². The lowest BCUT2D eigenvalue weighted by Crippen LogP contribution is -2.34. The highest BCUT2D eigenvalue weighted by atomic mass is 35.5. The molecule has 26 heavy (non-hydrogen) atoms. The maximum atomic E-state index is 12.8. The van der Waals surface area contributed by atoms with Crippen molar-refractivity contribution in [3.05, 3.63) is 52.0 Å². The van der Waals surface area contributed by atoms with E-state index in [4.69, 9.17) is 32.7 Å². The molecule has 1 saturated heterocycles. The van der Waals surface area contributed by atoms with Crippen LogP contribution in [0.15, 0.2) is 36.4 Å². The first-order chi connectivity index (χ1) is 12.5. The highest BCUT2D eigenvalue weighted by Gasteiger charge is 2.33. The highest BCUT2D eigenvalue weighted by Crippen LogP contribution is 2.43. The number of hydrogen-bond acceptors (Lipinski definition) is 4. The average Bonchev–Trinajstić information content (AvgIpc) is 3.14. The number of nitrogens with zero attached hydrogens (tertiary/aromatic N) is 1. The Morgan fingerprint density at radius 3 is 2.77 bits per heavy atom. The summed E-state index contributed by atoms with van der Waals surface area (Å²) in [4.78, 5) is 14.6. The second kappa shape index (κ2) is 8.29. The van der Waals surface area contributed by atoms with E-state index in [-0.39, 0.29) is 11.4 Å². The van der Waals surface area contributed by atoms with Crippen LogP contribution in [0.1, 0.15) is 10.9 Å². The van der Waals surface area contributed by atoms with Crippen LogP contribution in [0.25, 0.3) is 0 Å². The smallest absolute Gasteiger partial charge is 0.323 e. The number of thioether (sulfide) groups is 1. The monoisotopic (exact) mass is 412 g/mol. The third kappa shape index (κ3) is 3.82. The van der Waals surface area contributed by atoms with Crippen molar-refractivity contribution in [1.82, 2.24) is 4.90 Å². The van der Waals surface area contributed by atoms with Crippen LogP contribution in [-0.2, 0) is 0 Å². The zero-order chi connectivity index (χ0) is 18.7. The number of nitrogens with one attached hydrogen (secondary N) is 1. The number of methoxy groups -OCH3 is 2. The second-order valence-corrected chi connectivity index (χ2v) is 7.53. The molecule has 0 radical (unpaired) electrons. The molecular weight excluding hydrogens is 395 g/mol. The third-order valence-electron chi connectivity index (χ3n) is 4.05. The van der Waals surface area contributed by atoms with E-state index in [1.165, 1.54) is 0 Å². The van der Waals surface area contributed by atoms with E-state index in [1.54, 1.807) is 49.1 Å². The van der Waals surface area contributed by atoms with Gasteiger partial charge in [0.05, 0.1) is 30.0 Å². The van der Waals surface area contributed by atoms with Crippen molar-refractivity contribution in [2.75, 3.05) is 31.8 Å². The molecule has 1 atom stereocenters. The fourth-order valence-electron chi connectivity index (χ4n) is 2.76. The van der Waals surface area contributed by atoms with E-state index < -0.39 is 0 Å². The molecule has 1 aliphatic rings. The third-order valence-corrected chi connectivity index (χ3v) is 6.11. The van der Waals surface area contributed by atoms with Gasteiger partial charge in [-0.25, -0.2) is 4.79 Å². The van der Waals surface area contributed by atoms with Gasteiger partial charge in [-0.3, -0.25) is 0 Å². The first kappa shape index (κ1) is 19.0. The molecular formula is C18H18Cl2N2O3S. The van der Waals surface area contributed by atoms with Crippen LogP contribution in [0.2, 0.25) is 10.0 Å². The number of anilines is 1. The van der Waals surface area contributed by atoms with E-state index in [9.17, 15) is 4.79 Å². The van der Waals surface area contributed by atoms with Crippen molar-refractivity contribution >= 4 is 46.7 Å². The number of hydrogen-bond donors (Lipinski definition) is 1. The van der Waals surface area contributed by atoms with Gasteiger partial charge in [0.25, 0.3) is 0 Å². The Morgan fingerprint density at radius 2 is 2.04 bits per heavy atom. The number of rotatable bonds is 4. The Bertz CT molecular complexity index is 819. The largest absolute Gasteiger partial charge is 0.497 e. The summed E-state index contributed by atoms with van der Waals surface area (Å²) in [6.07, 6.45) is 0. The van der Waals surface area contributed by atoms with Crippen molar-refractivity contribution in [3.63, 3.8) is 0 Å². The quantitative estimate of drug-likeness (QED) is 0.740. The molecule has 0 spiro atoms. The van der Waals surface area contributed by atoms with E-state index in [0.717, 1.165) is 11.3 Å². The van der Waals surface area contributed by atoms with E-state index in [2.05, 4.69) is 5.32 Å². The van der Waals surface area contributed by atoms with Gasteiger partial charge in [0.1, 0.15) is 16.9 Å². The molecule has 0 aliphatic carbocycles. The molecule has 3 rings (SSSR count). The van der Waals surface area contributed by atoms with Crippen molar-refractivity contribution < 1.29 is 14.3 Å². The summed E-state index contributed by atoms with van der Waals surface area (Å²) in [6.45, 7) is 0.611. The Morgan fingerprint density at radius 1 is 1.23 bits per heavy atom. The first-order valence-electron chi connectivity index (χ1n) is 7.90. The predicted molar refractivity (Wildman–Crippen MR) is 107 cm³/mol. The minimum Gasteiger partial charge on any atom is -0.497 e. The van der Waals surface area contributed by atoms with Crippen LogP contribution in [0.4, 0.5) is 10.5 Å². The van der Waals surface area contributed by atoms with Crippen molar-refractivity contribution in [1.29, 1.82) is 0 Å². The molecule has 0 saturated carbocycles. The number of ether oxygens (including phenoxy) is 2. The van der Waals surface area contributed by atoms with E-state index >= 15 is 0 Å². The van der Waals surface area contributed by atoms with Gasteiger partial charge in [0.15, 0.2) is 0 Å². The van der Waals surface area contributed by atoms with Crippen LogP contribution in [0, 0.1) is 0 Å². The lowest BCUT2D eigenvalue weighted by molar-refractivity contribution is 0.213. The van der Waals surface area contributed by atoms with Crippen LogP contribution < -0.4 is 14.8 Å². The maximum Gasteiger partial charge on any atom is 0.323 e. The van der Waals surface area contributed by atoms with Crippen LogP contribution in [0.3, 0.4) is 0 Å². The molecule has 0 aromatic heterocycles. The van der Waals surface area contributed by atoms with Gasteiger partial charge in [-0.1, -0.05) is 29.3 Å². The standard InChI is InChI=1S/C18H18Cl2N2O3S/c1-24-11-6-7-15(25-2)12(10-11)17-22(8-9-26-17)18(23)21-14-5-3-4-13(19)16(14)20/h3-7,10,17H,8-9H2,1-2H3,(H,21,23)/t17-/m0/s1. The van der Waals surface area contributed by atoms with Gasteiger partial charge in [-0.15, -0.1) is 11.8 Å². The van der Waals surface area contributed by atoms with Gasteiger partial charge in [0.2, 0.25) is 0 Å². The summed E-state index contributed by atoms with van der Waals surface area (Å²) < 4.78 is 10.8. The number of carbonyl (C=O) groups is 1. The molecule has 2 aromatic carbocycles. The van der Waals surface area contributed by atoms with Gasteiger partial charge < -0.3 is 19.7 Å². The molecule has 2 amide bonds. The summed E-state index contributed by atoms with van der Waals surface area (Å²) >= 11 is 13.9. The number of amides is 2. The Labute approximate surface area is 166 Å². The molecule has 5 nitrogen and oxygen atoms in total. The van der Waals surface area contributed by atoms with Gasteiger partial charge in [-0.2, -0.15) is 0 Å². The number of carbonyl (C=O) groups excluding carboxylic acids is 1. The normalized spacial score (nSPS) is 16.5. The van der Waals surface area contributed by atoms with Crippen LogP contribution >= 0.6 is 35.0 Å². The van der Waals surface area contributed by atoms with Gasteiger partial charge >= 0.3 is 6.03 Å². The SMILES string of the molecule is COc1ccc(OC)c([C@@H]2SCCN2C(=O)Nc2cccc(Cl)c2Cl)c1. The maximum absolute atomic E-state index is 12.8. The summed E-state index contributed by atoms with van der Waals surface area (Å²) in [5.41, 5.74) is 1.37. The average molecular weight is 413 g/mol. The van der Waals surface area contributed by atoms with Crippen molar-refractivity contribution in [2.45, 2.75) is 5.37 Å². The minimum absolute atomic E-state index is 0.182. The zero-order valence-corrected chi connectivity index (χ0v) is 16.6. The fraction of sp³-hybridized carbons (Fsp3) is 0.278. The lowest BCUT2D eigenvalue weighted by atomic mass is 10.1. The Hall–Kier alpha value is -1.76. The molecule has 1 N–H and O–H groups in total. The molecule has 2 aromatic rings. The predicted octanol–water partition coefficient (Wildman–Crippen LogP) is 5.29. The van der Waals surface area contributed by atoms with Gasteiger partial charge in [0, 0.05) is 17.9 Å². The van der Waals surface area contributed by atoms with Crippen LogP contribution in [0.5, 0.6) is 11.5 Å².